The molecule has 0 aliphatic heterocycles. The lowest BCUT2D eigenvalue weighted by atomic mass is 10.2. The summed E-state index contributed by atoms with van der Waals surface area (Å²) < 4.78 is 15.9. The number of ether oxygens (including phenoxy) is 3. The topological polar surface area (TPSA) is 106 Å². The second-order valence-corrected chi connectivity index (χ2v) is 5.77. The van der Waals surface area contributed by atoms with Gasteiger partial charge in [-0.05, 0) is 6.07 Å². The molecular formula is C14H20N3O5P. The molecule has 0 amide bonds. The minimum Gasteiger partial charge on any atom is -0.493 e. The molecule has 0 spiro atoms. The molecule has 1 aromatic carbocycles. The van der Waals surface area contributed by atoms with Gasteiger partial charge >= 0.3 is 0 Å². The SMILES string of the molecule is COc1cc2ncnc(NCCOCCP(O)O)c2cc1OC. The molecule has 3 N–H and O–H groups in total. The van der Waals surface area contributed by atoms with Crippen LogP contribution in [0.25, 0.3) is 10.9 Å². The first kappa shape index (κ1) is 17.6. The van der Waals surface area contributed by atoms with E-state index in [2.05, 4.69) is 15.3 Å². The Balaban J connectivity index is 2.03. The van der Waals surface area contributed by atoms with Crippen LogP contribution in [-0.2, 0) is 4.74 Å². The summed E-state index contributed by atoms with van der Waals surface area (Å²) >= 11 is 0. The highest BCUT2D eigenvalue weighted by Crippen LogP contribution is 2.33. The molecule has 8 nitrogen and oxygen atoms in total. The van der Waals surface area contributed by atoms with Crippen molar-refractivity contribution in [3.63, 3.8) is 0 Å². The molecule has 23 heavy (non-hydrogen) atoms. The molecule has 0 saturated heterocycles. The minimum atomic E-state index is -1.89. The standard InChI is InChI=1S/C14H20N3O5P/c1-20-12-7-10-11(8-13(12)21-2)16-9-17-14(10)15-3-4-22-5-6-23(18)19/h7-9,18-19H,3-6H2,1-2H3,(H,15,16,17). The lowest BCUT2D eigenvalue weighted by Crippen LogP contribution is -2.12. The first-order valence-corrected chi connectivity index (χ1v) is 8.42. The molecule has 0 bridgehead atoms. The molecule has 9 heteroatoms. The fourth-order valence-electron chi connectivity index (χ4n) is 2.01. The van der Waals surface area contributed by atoms with Crippen LogP contribution in [0, 0.1) is 0 Å². The Labute approximate surface area is 135 Å². The number of methoxy groups -OCH3 is 2. The fraction of sp³-hybridized carbons (Fsp3) is 0.429. The Morgan fingerprint density at radius 1 is 1.09 bits per heavy atom. The minimum absolute atomic E-state index is 0.253. The third-order valence-electron chi connectivity index (χ3n) is 3.12. The van der Waals surface area contributed by atoms with Crippen LogP contribution in [0.1, 0.15) is 0 Å². The molecule has 1 aromatic heterocycles. The number of anilines is 1. The smallest absolute Gasteiger partial charge is 0.167 e. The van der Waals surface area contributed by atoms with E-state index in [1.807, 2.05) is 6.07 Å². The predicted octanol–water partition coefficient (Wildman–Crippen LogP) is 1.37. The highest BCUT2D eigenvalue weighted by molar-refractivity contribution is 7.45. The zero-order valence-electron chi connectivity index (χ0n) is 13.0. The van der Waals surface area contributed by atoms with E-state index >= 15 is 0 Å². The zero-order valence-corrected chi connectivity index (χ0v) is 13.9. The van der Waals surface area contributed by atoms with Crippen LogP contribution in [0.2, 0.25) is 0 Å². The van der Waals surface area contributed by atoms with Gasteiger partial charge in [-0.25, -0.2) is 9.97 Å². The largest absolute Gasteiger partial charge is 0.493 e. The van der Waals surface area contributed by atoms with E-state index < -0.39 is 8.38 Å². The molecule has 0 aliphatic rings. The summed E-state index contributed by atoms with van der Waals surface area (Å²) in [6.07, 6.45) is 1.73. The average molecular weight is 341 g/mol. The first-order chi connectivity index (χ1) is 11.2. The number of aromatic nitrogens is 2. The van der Waals surface area contributed by atoms with E-state index in [-0.39, 0.29) is 6.16 Å². The fourth-order valence-corrected chi connectivity index (χ4v) is 2.31. The molecule has 0 radical (unpaired) electrons. The Morgan fingerprint density at radius 2 is 1.83 bits per heavy atom. The number of hydrogen-bond donors (Lipinski definition) is 3. The third-order valence-corrected chi connectivity index (χ3v) is 3.70. The highest BCUT2D eigenvalue weighted by atomic mass is 31.2. The second-order valence-electron chi connectivity index (χ2n) is 4.58. The maximum Gasteiger partial charge on any atom is 0.167 e. The number of rotatable bonds is 9. The van der Waals surface area contributed by atoms with Gasteiger partial charge in [0.1, 0.15) is 12.1 Å². The Bertz CT molecular complexity index is 641. The summed E-state index contributed by atoms with van der Waals surface area (Å²) in [5.41, 5.74) is 0.743. The Kier molecular flexibility index (Phi) is 6.73. The van der Waals surface area contributed by atoms with Crippen molar-refractivity contribution < 1.29 is 24.0 Å². The molecule has 2 aromatic rings. The molecule has 0 unspecified atom stereocenters. The van der Waals surface area contributed by atoms with E-state index in [1.54, 1.807) is 20.3 Å². The van der Waals surface area contributed by atoms with Gasteiger partial charge in [0.15, 0.2) is 19.9 Å². The number of hydrogen-bond acceptors (Lipinski definition) is 8. The van der Waals surface area contributed by atoms with Crippen molar-refractivity contribution in [2.75, 3.05) is 45.5 Å². The van der Waals surface area contributed by atoms with E-state index in [0.29, 0.717) is 37.1 Å². The van der Waals surface area contributed by atoms with Gasteiger partial charge in [-0.1, -0.05) is 0 Å². The maximum absolute atomic E-state index is 8.78. The van der Waals surface area contributed by atoms with E-state index in [9.17, 15) is 0 Å². The van der Waals surface area contributed by atoms with E-state index in [1.165, 1.54) is 6.33 Å². The summed E-state index contributed by atoms with van der Waals surface area (Å²) in [7, 11) is 1.26. The third kappa shape index (κ3) is 4.87. The predicted molar refractivity (Wildman–Crippen MR) is 88.2 cm³/mol. The van der Waals surface area contributed by atoms with Crippen molar-refractivity contribution in [3.8, 4) is 11.5 Å². The van der Waals surface area contributed by atoms with Crippen LogP contribution in [-0.4, -0.2) is 59.9 Å². The van der Waals surface area contributed by atoms with Crippen molar-refractivity contribution in [1.29, 1.82) is 0 Å². The number of nitrogens with one attached hydrogen (secondary N) is 1. The van der Waals surface area contributed by atoms with Gasteiger partial charge in [0.05, 0.1) is 33.0 Å². The van der Waals surface area contributed by atoms with Gasteiger partial charge in [-0.3, -0.25) is 0 Å². The van der Waals surface area contributed by atoms with Crippen molar-refractivity contribution in [2.24, 2.45) is 0 Å². The van der Waals surface area contributed by atoms with Crippen LogP contribution in [0.5, 0.6) is 11.5 Å². The van der Waals surface area contributed by atoms with E-state index in [4.69, 9.17) is 24.0 Å². The van der Waals surface area contributed by atoms with Crippen molar-refractivity contribution >= 4 is 25.1 Å². The van der Waals surface area contributed by atoms with Gasteiger partial charge < -0.3 is 29.3 Å². The Hall–Kier alpha value is -1.73. The lowest BCUT2D eigenvalue weighted by molar-refractivity contribution is 0.157. The monoisotopic (exact) mass is 341 g/mol. The number of nitrogens with zero attached hydrogens (tertiary/aromatic N) is 2. The van der Waals surface area contributed by atoms with Gasteiger partial charge in [-0.15, -0.1) is 0 Å². The molecule has 126 valence electrons. The lowest BCUT2D eigenvalue weighted by Gasteiger charge is -2.12. The van der Waals surface area contributed by atoms with E-state index in [0.717, 1.165) is 10.9 Å². The molecule has 0 aliphatic carbocycles. The summed E-state index contributed by atoms with van der Waals surface area (Å²) in [6.45, 7) is 1.28. The Morgan fingerprint density at radius 3 is 2.52 bits per heavy atom. The average Bonchev–Trinajstić information content (AvgIpc) is 2.56. The molecule has 0 fully saturated rings. The van der Waals surface area contributed by atoms with Gasteiger partial charge in [0, 0.05) is 24.2 Å². The van der Waals surface area contributed by atoms with Crippen LogP contribution in [0.4, 0.5) is 5.82 Å². The molecule has 0 atom stereocenters. The number of fused-ring (bicyclic) bond motifs is 1. The zero-order chi connectivity index (χ0) is 16.7. The van der Waals surface area contributed by atoms with Gasteiger partial charge in [0.25, 0.3) is 0 Å². The highest BCUT2D eigenvalue weighted by Gasteiger charge is 2.10. The van der Waals surface area contributed by atoms with Gasteiger partial charge in [0.2, 0.25) is 0 Å². The van der Waals surface area contributed by atoms with Crippen molar-refractivity contribution in [3.05, 3.63) is 18.5 Å². The summed E-state index contributed by atoms with van der Waals surface area (Å²) in [4.78, 5) is 26.0. The van der Waals surface area contributed by atoms with Crippen molar-refractivity contribution in [1.82, 2.24) is 9.97 Å². The summed E-state index contributed by atoms with van der Waals surface area (Å²) in [5.74, 6) is 1.89. The molecular weight excluding hydrogens is 321 g/mol. The summed E-state index contributed by atoms with van der Waals surface area (Å²) in [5, 5.41) is 3.99. The van der Waals surface area contributed by atoms with Crippen LogP contribution >= 0.6 is 8.38 Å². The van der Waals surface area contributed by atoms with Crippen LogP contribution in [0.3, 0.4) is 0 Å². The van der Waals surface area contributed by atoms with Crippen molar-refractivity contribution in [2.45, 2.75) is 0 Å². The van der Waals surface area contributed by atoms with Crippen LogP contribution in [0.15, 0.2) is 18.5 Å². The molecule has 2 rings (SSSR count). The van der Waals surface area contributed by atoms with Gasteiger partial charge in [-0.2, -0.15) is 0 Å². The number of benzene rings is 1. The first-order valence-electron chi connectivity index (χ1n) is 6.99. The molecule has 1 heterocycles. The molecule has 0 saturated carbocycles. The summed E-state index contributed by atoms with van der Waals surface area (Å²) in [6, 6.07) is 3.62. The second kappa shape index (κ2) is 8.79. The quantitative estimate of drug-likeness (QED) is 0.464. The van der Waals surface area contributed by atoms with Crippen LogP contribution < -0.4 is 14.8 Å². The maximum atomic E-state index is 8.78. The normalized spacial score (nSPS) is 11.0.